The predicted octanol–water partition coefficient (Wildman–Crippen LogP) is 5.42. The first kappa shape index (κ1) is 20.3. The zero-order valence-corrected chi connectivity index (χ0v) is 17.9. The molecule has 0 fully saturated rings. The molecule has 0 amide bonds. The van der Waals surface area contributed by atoms with E-state index in [-0.39, 0.29) is 5.97 Å². The van der Waals surface area contributed by atoms with Gasteiger partial charge in [0.05, 0.1) is 29.3 Å². The van der Waals surface area contributed by atoms with Crippen LogP contribution in [0.4, 0.5) is 0 Å². The third-order valence-corrected chi connectivity index (χ3v) is 5.59. The molecule has 160 valence electrons. The van der Waals surface area contributed by atoms with E-state index in [0.717, 1.165) is 33.1 Å². The Morgan fingerprint density at radius 3 is 2.76 bits per heavy atom. The molecule has 0 bridgehead atoms. The number of carbonyl (C=O) groups excluding carboxylic acids is 1. The van der Waals surface area contributed by atoms with Gasteiger partial charge in [-0.2, -0.15) is 5.26 Å². The molecule has 6 heteroatoms. The van der Waals surface area contributed by atoms with E-state index in [1.165, 1.54) is 7.11 Å². The lowest BCUT2D eigenvalue weighted by molar-refractivity contribution is 0.0600. The zero-order chi connectivity index (χ0) is 22.8. The van der Waals surface area contributed by atoms with Crippen molar-refractivity contribution < 1.29 is 9.53 Å². The van der Waals surface area contributed by atoms with Crippen LogP contribution in [0.3, 0.4) is 0 Å². The van der Waals surface area contributed by atoms with Crippen LogP contribution < -0.4 is 0 Å². The van der Waals surface area contributed by atoms with E-state index in [2.05, 4.69) is 20.6 Å². The van der Waals surface area contributed by atoms with Crippen molar-refractivity contribution >= 4 is 39.6 Å². The van der Waals surface area contributed by atoms with Gasteiger partial charge in [0.1, 0.15) is 11.9 Å². The number of allylic oxidation sites excluding steroid dienone is 1. The summed E-state index contributed by atoms with van der Waals surface area (Å²) in [6.07, 6.45) is 3.89. The Kier molecular flexibility index (Phi) is 5.21. The molecule has 3 aromatic carbocycles. The van der Waals surface area contributed by atoms with Crippen LogP contribution in [0.15, 0.2) is 79.0 Å². The number of aromatic nitrogens is 3. The van der Waals surface area contributed by atoms with E-state index in [1.807, 2.05) is 79.0 Å². The fraction of sp³-hybridized carbons (Fsp3) is 0.0741. The third kappa shape index (κ3) is 3.88. The van der Waals surface area contributed by atoms with Crippen LogP contribution in [-0.2, 0) is 11.3 Å². The second kappa shape index (κ2) is 8.48. The number of hydrogen-bond acceptors (Lipinski definition) is 4. The fourth-order valence-corrected chi connectivity index (χ4v) is 4.02. The lowest BCUT2D eigenvalue weighted by Crippen LogP contribution is -2.03. The quantitative estimate of drug-likeness (QED) is 0.297. The molecule has 0 aliphatic heterocycles. The number of nitrogens with one attached hydrogen (secondary N) is 1. The molecule has 33 heavy (non-hydrogen) atoms. The maximum absolute atomic E-state index is 11.9. The molecule has 5 aromatic rings. The van der Waals surface area contributed by atoms with Crippen molar-refractivity contribution in [3.05, 3.63) is 102 Å². The largest absolute Gasteiger partial charge is 0.465 e. The van der Waals surface area contributed by atoms with Crippen molar-refractivity contribution in [2.75, 3.05) is 7.11 Å². The van der Waals surface area contributed by atoms with E-state index >= 15 is 0 Å². The predicted molar refractivity (Wildman–Crippen MR) is 128 cm³/mol. The fourth-order valence-electron chi connectivity index (χ4n) is 4.02. The number of nitriles is 1. The number of ether oxygens (including phenoxy) is 1. The summed E-state index contributed by atoms with van der Waals surface area (Å²) in [5.41, 5.74) is 5.63. The molecule has 5 rings (SSSR count). The van der Waals surface area contributed by atoms with Crippen LogP contribution >= 0.6 is 0 Å². The van der Waals surface area contributed by atoms with Crippen LogP contribution in [0.25, 0.3) is 33.6 Å². The summed E-state index contributed by atoms with van der Waals surface area (Å²) in [5, 5.41) is 10.9. The Balaban J connectivity index is 1.56. The number of benzene rings is 3. The van der Waals surface area contributed by atoms with Crippen molar-refractivity contribution in [1.82, 2.24) is 14.5 Å². The summed E-state index contributed by atoms with van der Waals surface area (Å²) < 4.78 is 6.96. The van der Waals surface area contributed by atoms with Gasteiger partial charge in [0.15, 0.2) is 0 Å². The zero-order valence-electron chi connectivity index (χ0n) is 17.9. The number of para-hydroxylation sites is 3. The van der Waals surface area contributed by atoms with E-state index in [0.29, 0.717) is 23.5 Å². The van der Waals surface area contributed by atoms with E-state index < -0.39 is 0 Å². The van der Waals surface area contributed by atoms with Crippen LogP contribution in [-0.4, -0.2) is 27.6 Å². The summed E-state index contributed by atoms with van der Waals surface area (Å²) >= 11 is 0. The number of fused-ring (bicyclic) bond motifs is 2. The third-order valence-electron chi connectivity index (χ3n) is 5.59. The average molecular weight is 432 g/mol. The van der Waals surface area contributed by atoms with Crippen molar-refractivity contribution in [3.63, 3.8) is 0 Å². The molecule has 0 saturated carbocycles. The minimum atomic E-state index is -0.359. The first-order valence-electron chi connectivity index (χ1n) is 10.5. The van der Waals surface area contributed by atoms with Gasteiger partial charge in [0.2, 0.25) is 0 Å². The maximum atomic E-state index is 11.9. The van der Waals surface area contributed by atoms with Crippen LogP contribution in [0.1, 0.15) is 27.3 Å². The van der Waals surface area contributed by atoms with Crippen LogP contribution in [0.2, 0.25) is 0 Å². The molecule has 0 aliphatic carbocycles. The molecule has 0 saturated heterocycles. The summed E-state index contributed by atoms with van der Waals surface area (Å²) in [6.45, 7) is 0.575. The Labute approximate surface area is 190 Å². The lowest BCUT2D eigenvalue weighted by atomic mass is 10.1. The molecule has 0 spiro atoms. The SMILES string of the molecule is COC(=O)c1cccc(Cn2cc(/C=C(/C#N)c3nc4ccccc4[nH]3)c3ccccc32)c1. The summed E-state index contributed by atoms with van der Waals surface area (Å²) in [6, 6.07) is 25.5. The van der Waals surface area contributed by atoms with Gasteiger partial charge >= 0.3 is 5.97 Å². The topological polar surface area (TPSA) is 83.7 Å². The highest BCUT2D eigenvalue weighted by Gasteiger charge is 2.12. The molecule has 2 aromatic heterocycles. The van der Waals surface area contributed by atoms with Crippen LogP contribution in [0.5, 0.6) is 0 Å². The smallest absolute Gasteiger partial charge is 0.337 e. The number of aromatic amines is 1. The second-order valence-corrected chi connectivity index (χ2v) is 7.69. The van der Waals surface area contributed by atoms with Gasteiger partial charge in [-0.3, -0.25) is 0 Å². The maximum Gasteiger partial charge on any atom is 0.337 e. The standard InChI is InChI=1S/C27H20N4O2/c1-33-27(32)19-8-6-7-18(13-19)16-31-17-21(22-9-2-5-12-25(22)31)14-20(15-28)26-29-23-10-3-4-11-24(23)30-26/h2-14,17H,16H2,1H3,(H,29,30)/b20-14-. The summed E-state index contributed by atoms with van der Waals surface area (Å²) in [4.78, 5) is 19.7. The highest BCUT2D eigenvalue weighted by Crippen LogP contribution is 2.27. The average Bonchev–Trinajstić information content (AvgIpc) is 3.44. The van der Waals surface area contributed by atoms with Gasteiger partial charge in [-0.25, -0.2) is 9.78 Å². The number of imidazole rings is 1. The van der Waals surface area contributed by atoms with Gasteiger partial charge in [0.25, 0.3) is 0 Å². The number of H-pyrrole nitrogens is 1. The monoisotopic (exact) mass is 432 g/mol. The molecule has 6 nitrogen and oxygen atoms in total. The molecule has 0 atom stereocenters. The van der Waals surface area contributed by atoms with Gasteiger partial charge in [-0.15, -0.1) is 0 Å². The van der Waals surface area contributed by atoms with Crippen molar-refractivity contribution in [2.24, 2.45) is 0 Å². The van der Waals surface area contributed by atoms with Crippen LogP contribution in [0, 0.1) is 11.3 Å². The minimum absolute atomic E-state index is 0.359. The van der Waals surface area contributed by atoms with Gasteiger partial charge < -0.3 is 14.3 Å². The number of rotatable bonds is 5. The van der Waals surface area contributed by atoms with Crippen molar-refractivity contribution in [3.8, 4) is 6.07 Å². The minimum Gasteiger partial charge on any atom is -0.465 e. The summed E-state index contributed by atoms with van der Waals surface area (Å²) in [5.74, 6) is 0.184. The Bertz CT molecular complexity index is 1530. The Hall–Kier alpha value is -4.63. The highest BCUT2D eigenvalue weighted by atomic mass is 16.5. The number of esters is 1. The lowest BCUT2D eigenvalue weighted by Gasteiger charge is -2.07. The number of carbonyl (C=O) groups is 1. The highest BCUT2D eigenvalue weighted by molar-refractivity contribution is 5.98. The summed E-state index contributed by atoms with van der Waals surface area (Å²) in [7, 11) is 1.38. The molecule has 0 unspecified atom stereocenters. The van der Waals surface area contributed by atoms with Gasteiger partial charge in [-0.05, 0) is 42.0 Å². The molecule has 1 N–H and O–H groups in total. The molecular formula is C27H20N4O2. The van der Waals surface area contributed by atoms with Crippen molar-refractivity contribution in [2.45, 2.75) is 6.54 Å². The molecule has 0 radical (unpaired) electrons. The Morgan fingerprint density at radius 2 is 1.94 bits per heavy atom. The number of hydrogen-bond donors (Lipinski definition) is 1. The van der Waals surface area contributed by atoms with Crippen molar-refractivity contribution in [1.29, 1.82) is 5.26 Å². The Morgan fingerprint density at radius 1 is 1.12 bits per heavy atom. The first-order valence-corrected chi connectivity index (χ1v) is 10.5. The normalized spacial score (nSPS) is 11.6. The number of nitrogens with zero attached hydrogens (tertiary/aromatic N) is 3. The molecule has 0 aliphatic rings. The number of methoxy groups -OCH3 is 1. The van der Waals surface area contributed by atoms with E-state index in [1.54, 1.807) is 6.07 Å². The van der Waals surface area contributed by atoms with Gasteiger partial charge in [0, 0.05) is 29.2 Å². The first-order chi connectivity index (χ1) is 16.2. The van der Waals surface area contributed by atoms with E-state index in [9.17, 15) is 10.1 Å². The molecular weight excluding hydrogens is 412 g/mol. The second-order valence-electron chi connectivity index (χ2n) is 7.69. The van der Waals surface area contributed by atoms with Gasteiger partial charge in [-0.1, -0.05) is 42.5 Å². The molecule has 2 heterocycles. The van der Waals surface area contributed by atoms with E-state index in [4.69, 9.17) is 4.74 Å².